The molecule has 0 saturated carbocycles. The molecule has 0 atom stereocenters. The summed E-state index contributed by atoms with van der Waals surface area (Å²) in [5.74, 6) is -0.147. The molecule has 0 spiro atoms. The van der Waals surface area contributed by atoms with Crippen LogP contribution in [0, 0.1) is 0 Å². The normalized spacial score (nSPS) is 14.5. The molecule has 1 aliphatic heterocycles. The number of halogens is 2. The van der Waals surface area contributed by atoms with Crippen molar-refractivity contribution < 1.29 is 4.79 Å². The van der Waals surface area contributed by atoms with Crippen molar-refractivity contribution >= 4 is 52.3 Å². The van der Waals surface area contributed by atoms with Crippen molar-refractivity contribution in [1.29, 1.82) is 0 Å². The van der Waals surface area contributed by atoms with E-state index >= 15 is 0 Å². The Morgan fingerprint density at radius 2 is 1.83 bits per heavy atom. The van der Waals surface area contributed by atoms with Gasteiger partial charge in [0.15, 0.2) is 0 Å². The van der Waals surface area contributed by atoms with Gasteiger partial charge in [-0.05, 0) is 60.0 Å². The fraction of sp³-hybridized carbons (Fsp3) is 0.103. The van der Waals surface area contributed by atoms with Gasteiger partial charge in [0.2, 0.25) is 0 Å². The van der Waals surface area contributed by atoms with Crippen LogP contribution in [0.3, 0.4) is 0 Å². The number of amides is 1. The zero-order valence-electron chi connectivity index (χ0n) is 18.8. The Morgan fingerprint density at radius 1 is 0.943 bits per heavy atom. The second kappa shape index (κ2) is 10.7. The molecule has 0 fully saturated rings. The third-order valence-corrected chi connectivity index (χ3v) is 7.41. The molecular weight excluding hydrogens is 495 g/mol. The van der Waals surface area contributed by atoms with Gasteiger partial charge in [0.05, 0.1) is 11.4 Å². The molecule has 3 aromatic rings. The number of nitrogens with zero attached hydrogens (tertiary/aromatic N) is 1. The highest BCUT2D eigenvalue weighted by molar-refractivity contribution is 7.99. The summed E-state index contributed by atoms with van der Waals surface area (Å²) in [5, 5.41) is 4.37. The van der Waals surface area contributed by atoms with Crippen molar-refractivity contribution in [2.45, 2.75) is 29.2 Å². The maximum atomic E-state index is 12.9. The number of rotatable bonds is 5. The Balaban J connectivity index is 1.44. The van der Waals surface area contributed by atoms with Crippen molar-refractivity contribution in [3.8, 4) is 0 Å². The zero-order chi connectivity index (χ0) is 24.2. The first kappa shape index (κ1) is 23.7. The minimum absolute atomic E-state index is 0.147. The molecule has 35 heavy (non-hydrogen) atoms. The summed E-state index contributed by atoms with van der Waals surface area (Å²) in [6.07, 6.45) is 9.61. The lowest BCUT2D eigenvalue weighted by Crippen LogP contribution is -2.22. The number of carbonyl (C=O) groups is 1. The number of hydrogen-bond donors (Lipinski definition) is 1. The van der Waals surface area contributed by atoms with Gasteiger partial charge >= 0.3 is 0 Å². The maximum Gasteiger partial charge on any atom is 0.251 e. The van der Waals surface area contributed by atoms with Gasteiger partial charge in [-0.1, -0.05) is 83.5 Å². The largest absolute Gasteiger partial charge is 0.348 e. The van der Waals surface area contributed by atoms with E-state index in [1.54, 1.807) is 11.8 Å². The van der Waals surface area contributed by atoms with Gasteiger partial charge in [-0.2, -0.15) is 0 Å². The molecule has 1 heterocycles. The van der Waals surface area contributed by atoms with Gasteiger partial charge in [-0.15, -0.1) is 0 Å². The van der Waals surface area contributed by atoms with E-state index in [0.29, 0.717) is 23.6 Å². The maximum absolute atomic E-state index is 12.9. The highest BCUT2D eigenvalue weighted by atomic mass is 35.5. The molecule has 0 radical (unpaired) electrons. The average molecular weight is 517 g/mol. The second-order valence-corrected chi connectivity index (χ2v) is 10.2. The highest BCUT2D eigenvalue weighted by Gasteiger charge is 2.19. The number of carbonyl (C=O) groups excluding carboxylic acids is 1. The SMILES string of the molecule is O=C(NCc1cccc(Cl)c1)c1ccc2c(c1)N=C(CC1=CCC=C(Cl)C=C1)c1ccccc1S2. The molecule has 1 aliphatic carbocycles. The molecule has 0 bridgehead atoms. The van der Waals surface area contributed by atoms with Crippen LogP contribution in [0.5, 0.6) is 0 Å². The van der Waals surface area contributed by atoms with E-state index in [4.69, 9.17) is 28.2 Å². The molecule has 0 unspecified atom stereocenters. The molecule has 1 amide bonds. The predicted octanol–water partition coefficient (Wildman–Crippen LogP) is 8.25. The van der Waals surface area contributed by atoms with Crippen LogP contribution in [0.25, 0.3) is 0 Å². The number of nitrogens with one attached hydrogen (secondary N) is 1. The third-order valence-electron chi connectivity index (χ3n) is 5.76. The summed E-state index contributed by atoms with van der Waals surface area (Å²) in [5.41, 5.74) is 5.56. The Morgan fingerprint density at radius 3 is 2.71 bits per heavy atom. The Hall–Kier alpha value is -3.05. The van der Waals surface area contributed by atoms with Crippen molar-refractivity contribution in [3.63, 3.8) is 0 Å². The van der Waals surface area contributed by atoms with Crippen molar-refractivity contribution in [2.24, 2.45) is 4.99 Å². The van der Waals surface area contributed by atoms with Gasteiger partial charge in [0.25, 0.3) is 5.91 Å². The number of benzene rings is 3. The average Bonchev–Trinajstić information content (AvgIpc) is 3.16. The third kappa shape index (κ3) is 5.79. The summed E-state index contributed by atoms with van der Waals surface area (Å²) in [4.78, 5) is 20.2. The van der Waals surface area contributed by atoms with Crippen LogP contribution in [0.15, 0.2) is 116 Å². The molecule has 2 aliphatic rings. The minimum atomic E-state index is -0.147. The number of allylic oxidation sites excluding steroid dienone is 6. The first-order valence-corrected chi connectivity index (χ1v) is 12.9. The number of fused-ring (bicyclic) bond motifs is 2. The molecule has 0 aromatic heterocycles. The number of aliphatic imine (C=N–C) groups is 1. The molecule has 6 heteroatoms. The van der Waals surface area contributed by atoms with E-state index in [1.165, 1.54) is 0 Å². The minimum Gasteiger partial charge on any atom is -0.348 e. The van der Waals surface area contributed by atoms with Crippen LogP contribution in [0.1, 0.15) is 34.3 Å². The molecular formula is C29H22Cl2N2OS. The first-order valence-electron chi connectivity index (χ1n) is 11.3. The lowest BCUT2D eigenvalue weighted by molar-refractivity contribution is 0.0951. The number of hydrogen-bond acceptors (Lipinski definition) is 3. The monoisotopic (exact) mass is 516 g/mol. The first-order chi connectivity index (χ1) is 17.0. The van der Waals surface area contributed by atoms with Crippen molar-refractivity contribution in [3.05, 3.63) is 123 Å². The zero-order valence-corrected chi connectivity index (χ0v) is 21.1. The molecule has 5 rings (SSSR count). The summed E-state index contributed by atoms with van der Waals surface area (Å²) in [7, 11) is 0. The van der Waals surface area contributed by atoms with Gasteiger partial charge in [-0.3, -0.25) is 9.79 Å². The van der Waals surface area contributed by atoms with E-state index in [1.807, 2.05) is 66.7 Å². The summed E-state index contributed by atoms with van der Waals surface area (Å²) in [6, 6.07) is 21.5. The van der Waals surface area contributed by atoms with Crippen LogP contribution in [-0.4, -0.2) is 11.6 Å². The lowest BCUT2D eigenvalue weighted by atomic mass is 10.0. The smallest absolute Gasteiger partial charge is 0.251 e. The fourth-order valence-corrected chi connectivity index (χ4v) is 5.38. The molecule has 174 valence electrons. The Labute approximate surface area is 219 Å². The summed E-state index contributed by atoms with van der Waals surface area (Å²) in [6.45, 7) is 0.405. The van der Waals surface area contributed by atoms with Crippen LogP contribution >= 0.6 is 35.0 Å². The van der Waals surface area contributed by atoms with Crippen LogP contribution in [0.4, 0.5) is 5.69 Å². The van der Waals surface area contributed by atoms with Gasteiger partial charge < -0.3 is 5.32 Å². The Kier molecular flexibility index (Phi) is 7.24. The molecule has 3 nitrogen and oxygen atoms in total. The van der Waals surface area contributed by atoms with Crippen LogP contribution in [-0.2, 0) is 6.54 Å². The quantitative estimate of drug-likeness (QED) is 0.370. The van der Waals surface area contributed by atoms with Crippen LogP contribution in [0.2, 0.25) is 5.02 Å². The standard InChI is InChI=1S/C29H22Cl2N2OS/c30-22-7-3-5-19(11-13-22)16-25-24-9-1-2-10-27(24)35-28-14-12-21(17-26(28)33-25)29(34)32-18-20-6-4-8-23(31)15-20/h1-2,4-15,17H,3,16,18H2,(H,32,34). The van der Waals surface area contributed by atoms with Crippen molar-refractivity contribution in [2.75, 3.05) is 0 Å². The van der Waals surface area contributed by atoms with E-state index in [9.17, 15) is 4.79 Å². The second-order valence-electron chi connectivity index (χ2n) is 8.27. The predicted molar refractivity (Wildman–Crippen MR) is 146 cm³/mol. The molecule has 0 saturated heterocycles. The Bertz CT molecular complexity index is 1420. The van der Waals surface area contributed by atoms with Crippen molar-refractivity contribution in [1.82, 2.24) is 5.32 Å². The van der Waals surface area contributed by atoms with E-state index in [0.717, 1.165) is 49.3 Å². The molecule has 3 aromatic carbocycles. The van der Waals surface area contributed by atoms with E-state index in [-0.39, 0.29) is 5.91 Å². The summed E-state index contributed by atoms with van der Waals surface area (Å²) >= 11 is 13.9. The van der Waals surface area contributed by atoms with Gasteiger partial charge in [0.1, 0.15) is 0 Å². The fourth-order valence-electron chi connectivity index (χ4n) is 3.99. The highest BCUT2D eigenvalue weighted by Crippen LogP contribution is 2.41. The molecule has 1 N–H and O–H groups in total. The summed E-state index contributed by atoms with van der Waals surface area (Å²) < 4.78 is 0. The van der Waals surface area contributed by atoms with Gasteiger partial charge in [-0.25, -0.2) is 0 Å². The van der Waals surface area contributed by atoms with E-state index < -0.39 is 0 Å². The lowest BCUT2D eigenvalue weighted by Gasteiger charge is -2.09. The van der Waals surface area contributed by atoms with Crippen LogP contribution < -0.4 is 5.32 Å². The topological polar surface area (TPSA) is 41.5 Å². The van der Waals surface area contributed by atoms with Gasteiger partial charge in [0, 0.05) is 43.9 Å². The van der Waals surface area contributed by atoms with E-state index in [2.05, 4.69) is 29.6 Å².